The molecule has 9 nitrogen and oxygen atoms in total. The van der Waals surface area contributed by atoms with Gasteiger partial charge in [0.1, 0.15) is 0 Å². The van der Waals surface area contributed by atoms with Gasteiger partial charge in [-0.3, -0.25) is 19.4 Å². The average molecular weight is 469 g/mol. The van der Waals surface area contributed by atoms with Crippen molar-refractivity contribution in [1.82, 2.24) is 15.2 Å². The first-order chi connectivity index (χ1) is 16.4. The molecule has 34 heavy (non-hydrogen) atoms. The van der Waals surface area contributed by atoms with Gasteiger partial charge in [0.2, 0.25) is 5.75 Å². The lowest BCUT2D eigenvalue weighted by molar-refractivity contribution is -0.132. The van der Waals surface area contributed by atoms with Gasteiger partial charge in [-0.25, -0.2) is 5.43 Å². The standard InChI is InChI=1S/C25H32N4O5/c1-18-5-7-20(8-6-18)16-28-9-11-29(12-10-28)17-24(31)27-26-15-21-13-22(32-3)25(34-19(2)30)23(14-21)33-4/h5-8,13-15H,9-12,16-17H2,1-4H3,(H,27,31)/b26-15-. The van der Waals surface area contributed by atoms with Crippen LogP contribution in [-0.4, -0.2) is 74.8 Å². The van der Waals surface area contributed by atoms with Crippen LogP contribution in [0.3, 0.4) is 0 Å². The van der Waals surface area contributed by atoms with E-state index in [4.69, 9.17) is 14.2 Å². The number of hydrogen-bond donors (Lipinski definition) is 1. The lowest BCUT2D eigenvalue weighted by Crippen LogP contribution is -2.48. The molecule has 0 aliphatic carbocycles. The molecule has 1 heterocycles. The molecular formula is C25H32N4O5. The zero-order valence-corrected chi connectivity index (χ0v) is 20.2. The zero-order chi connectivity index (χ0) is 24.5. The van der Waals surface area contributed by atoms with Crippen LogP contribution in [0.5, 0.6) is 17.2 Å². The van der Waals surface area contributed by atoms with Gasteiger partial charge in [0.05, 0.1) is 27.0 Å². The molecule has 0 saturated carbocycles. The third-order valence-electron chi connectivity index (χ3n) is 5.49. The van der Waals surface area contributed by atoms with Crippen molar-refractivity contribution in [3.8, 4) is 17.2 Å². The van der Waals surface area contributed by atoms with E-state index >= 15 is 0 Å². The van der Waals surface area contributed by atoms with Crippen LogP contribution in [0.4, 0.5) is 0 Å². The number of aryl methyl sites for hydroxylation is 1. The van der Waals surface area contributed by atoms with E-state index in [1.165, 1.54) is 38.5 Å². The highest BCUT2D eigenvalue weighted by molar-refractivity contribution is 5.85. The summed E-state index contributed by atoms with van der Waals surface area (Å²) in [4.78, 5) is 28.2. The van der Waals surface area contributed by atoms with Crippen LogP contribution >= 0.6 is 0 Å². The largest absolute Gasteiger partial charge is 0.493 e. The maximum Gasteiger partial charge on any atom is 0.308 e. The summed E-state index contributed by atoms with van der Waals surface area (Å²) in [5, 5.41) is 4.05. The molecule has 1 aliphatic heterocycles. The minimum Gasteiger partial charge on any atom is -0.493 e. The van der Waals surface area contributed by atoms with Crippen LogP contribution in [0.25, 0.3) is 0 Å². The summed E-state index contributed by atoms with van der Waals surface area (Å²) >= 11 is 0. The summed E-state index contributed by atoms with van der Waals surface area (Å²) in [5.41, 5.74) is 5.75. The number of hydrogen-bond acceptors (Lipinski definition) is 8. The lowest BCUT2D eigenvalue weighted by Gasteiger charge is -2.34. The van der Waals surface area contributed by atoms with E-state index in [0.717, 1.165) is 32.7 Å². The van der Waals surface area contributed by atoms with Gasteiger partial charge >= 0.3 is 5.97 Å². The molecule has 0 radical (unpaired) electrons. The molecular weight excluding hydrogens is 436 g/mol. The van der Waals surface area contributed by atoms with Crippen molar-refractivity contribution in [3.63, 3.8) is 0 Å². The predicted octanol–water partition coefficient (Wildman–Crippen LogP) is 2.21. The van der Waals surface area contributed by atoms with E-state index in [-0.39, 0.29) is 18.2 Å². The van der Waals surface area contributed by atoms with Crippen LogP contribution in [0.2, 0.25) is 0 Å². The molecule has 0 spiro atoms. The number of nitrogens with zero attached hydrogens (tertiary/aromatic N) is 3. The monoisotopic (exact) mass is 468 g/mol. The summed E-state index contributed by atoms with van der Waals surface area (Å²) in [6.07, 6.45) is 1.49. The molecule has 0 aromatic heterocycles. The number of methoxy groups -OCH3 is 2. The van der Waals surface area contributed by atoms with Crippen molar-refractivity contribution < 1.29 is 23.8 Å². The molecule has 2 aromatic carbocycles. The molecule has 1 amide bonds. The number of ether oxygens (including phenoxy) is 3. The fourth-order valence-electron chi connectivity index (χ4n) is 3.69. The topological polar surface area (TPSA) is 92.7 Å². The third-order valence-corrected chi connectivity index (χ3v) is 5.49. The Bertz CT molecular complexity index is 989. The number of esters is 1. The zero-order valence-electron chi connectivity index (χ0n) is 20.2. The minimum atomic E-state index is -0.485. The highest BCUT2D eigenvalue weighted by Crippen LogP contribution is 2.38. The number of carbonyl (C=O) groups is 2. The van der Waals surface area contributed by atoms with Crippen molar-refractivity contribution >= 4 is 18.1 Å². The van der Waals surface area contributed by atoms with E-state index in [0.29, 0.717) is 17.1 Å². The van der Waals surface area contributed by atoms with Crippen LogP contribution < -0.4 is 19.6 Å². The third kappa shape index (κ3) is 7.29. The van der Waals surface area contributed by atoms with Gasteiger partial charge < -0.3 is 14.2 Å². The first kappa shape index (κ1) is 25.2. The summed E-state index contributed by atoms with van der Waals surface area (Å²) in [7, 11) is 2.93. The van der Waals surface area contributed by atoms with Crippen LogP contribution in [0, 0.1) is 6.92 Å². The Kier molecular flexibility index (Phi) is 9.00. The Labute approximate surface area is 200 Å². The Balaban J connectivity index is 1.48. The maximum atomic E-state index is 12.3. The molecule has 1 aliphatic rings. The molecule has 182 valence electrons. The Hall–Kier alpha value is -3.43. The summed E-state index contributed by atoms with van der Waals surface area (Å²) in [6, 6.07) is 11.9. The fraction of sp³-hybridized carbons (Fsp3) is 0.400. The van der Waals surface area contributed by atoms with Gasteiger partial charge in [0.25, 0.3) is 5.91 Å². The second-order valence-corrected chi connectivity index (χ2v) is 8.18. The van der Waals surface area contributed by atoms with Gasteiger partial charge in [-0.05, 0) is 24.6 Å². The van der Waals surface area contributed by atoms with E-state index in [9.17, 15) is 9.59 Å². The molecule has 3 rings (SSSR count). The number of amides is 1. The highest BCUT2D eigenvalue weighted by atomic mass is 16.6. The van der Waals surface area contributed by atoms with E-state index < -0.39 is 5.97 Å². The van der Waals surface area contributed by atoms with E-state index in [2.05, 4.69) is 51.5 Å². The molecule has 1 fully saturated rings. The number of hydrazone groups is 1. The normalized spacial score (nSPS) is 14.7. The molecule has 2 aromatic rings. The minimum absolute atomic E-state index is 0.182. The van der Waals surface area contributed by atoms with E-state index in [1.807, 2.05) is 0 Å². The average Bonchev–Trinajstić information content (AvgIpc) is 2.82. The van der Waals surface area contributed by atoms with Crippen molar-refractivity contribution in [2.75, 3.05) is 46.9 Å². The Morgan fingerprint density at radius 1 is 1.00 bits per heavy atom. The Morgan fingerprint density at radius 2 is 1.59 bits per heavy atom. The summed E-state index contributed by atoms with van der Waals surface area (Å²) < 4.78 is 15.8. The lowest BCUT2D eigenvalue weighted by atomic mass is 10.1. The first-order valence-electron chi connectivity index (χ1n) is 11.1. The number of rotatable bonds is 9. The van der Waals surface area contributed by atoms with Crippen molar-refractivity contribution in [1.29, 1.82) is 0 Å². The molecule has 0 atom stereocenters. The van der Waals surface area contributed by atoms with Crippen LogP contribution in [0.15, 0.2) is 41.5 Å². The number of nitrogens with one attached hydrogen (secondary N) is 1. The quantitative estimate of drug-likeness (QED) is 0.261. The SMILES string of the molecule is COc1cc(/C=N\NC(=O)CN2CCN(Cc3ccc(C)cc3)CC2)cc(OC)c1OC(C)=O. The summed E-state index contributed by atoms with van der Waals surface area (Å²) in [6.45, 7) is 8.09. The molecule has 1 N–H and O–H groups in total. The smallest absolute Gasteiger partial charge is 0.308 e. The van der Waals surface area contributed by atoms with Crippen molar-refractivity contribution in [2.45, 2.75) is 20.4 Å². The van der Waals surface area contributed by atoms with Gasteiger partial charge in [-0.15, -0.1) is 0 Å². The van der Waals surface area contributed by atoms with Gasteiger partial charge in [0, 0.05) is 45.2 Å². The van der Waals surface area contributed by atoms with Crippen LogP contribution in [0.1, 0.15) is 23.6 Å². The molecule has 9 heteroatoms. The maximum absolute atomic E-state index is 12.3. The fourth-order valence-corrected chi connectivity index (χ4v) is 3.69. The number of carbonyl (C=O) groups excluding carboxylic acids is 2. The second-order valence-electron chi connectivity index (χ2n) is 8.18. The van der Waals surface area contributed by atoms with Gasteiger partial charge in [-0.1, -0.05) is 29.8 Å². The van der Waals surface area contributed by atoms with Crippen molar-refractivity contribution in [2.24, 2.45) is 5.10 Å². The van der Waals surface area contributed by atoms with Crippen LogP contribution in [-0.2, 0) is 16.1 Å². The first-order valence-corrected chi connectivity index (χ1v) is 11.1. The molecule has 0 unspecified atom stereocenters. The highest BCUT2D eigenvalue weighted by Gasteiger charge is 2.19. The number of benzene rings is 2. The van der Waals surface area contributed by atoms with Gasteiger partial charge in [-0.2, -0.15) is 5.10 Å². The van der Waals surface area contributed by atoms with E-state index in [1.54, 1.807) is 12.1 Å². The summed E-state index contributed by atoms with van der Waals surface area (Å²) in [5.74, 6) is 0.178. The second kappa shape index (κ2) is 12.2. The molecule has 1 saturated heterocycles. The molecule has 0 bridgehead atoms. The Morgan fingerprint density at radius 3 is 2.15 bits per heavy atom. The number of piperazine rings is 1. The predicted molar refractivity (Wildman–Crippen MR) is 129 cm³/mol. The van der Waals surface area contributed by atoms with Crippen molar-refractivity contribution in [3.05, 3.63) is 53.1 Å². The van der Waals surface area contributed by atoms with Gasteiger partial charge in [0.15, 0.2) is 11.5 Å².